The lowest BCUT2D eigenvalue weighted by Crippen LogP contribution is -2.19. The standard InChI is InChI=1S/C17H22FN3/c1-3-19-11-15-8-6-9-16(20-15)13-21(2)12-14-7-4-5-10-17(14)18/h4-10,19H,3,11-13H2,1-2H3. The number of aromatic nitrogens is 1. The Morgan fingerprint density at radius 1 is 1.05 bits per heavy atom. The topological polar surface area (TPSA) is 28.2 Å². The normalized spacial score (nSPS) is 11.0. The summed E-state index contributed by atoms with van der Waals surface area (Å²) in [7, 11) is 1.98. The summed E-state index contributed by atoms with van der Waals surface area (Å²) in [5, 5.41) is 3.27. The van der Waals surface area contributed by atoms with Crippen LogP contribution in [-0.2, 0) is 19.6 Å². The zero-order chi connectivity index (χ0) is 15.1. The van der Waals surface area contributed by atoms with Crippen molar-refractivity contribution >= 4 is 0 Å². The molecule has 0 fully saturated rings. The van der Waals surface area contributed by atoms with Gasteiger partial charge in [-0.15, -0.1) is 0 Å². The summed E-state index contributed by atoms with van der Waals surface area (Å²) in [4.78, 5) is 6.68. The van der Waals surface area contributed by atoms with Crippen molar-refractivity contribution in [2.24, 2.45) is 0 Å². The average Bonchev–Trinajstić information content (AvgIpc) is 2.48. The van der Waals surface area contributed by atoms with Gasteiger partial charge in [-0.1, -0.05) is 31.2 Å². The second kappa shape index (κ2) is 7.86. The van der Waals surface area contributed by atoms with Crippen LogP contribution in [0.3, 0.4) is 0 Å². The molecule has 0 aliphatic rings. The van der Waals surface area contributed by atoms with Crippen molar-refractivity contribution in [3.63, 3.8) is 0 Å². The van der Waals surface area contributed by atoms with Gasteiger partial charge >= 0.3 is 0 Å². The van der Waals surface area contributed by atoms with Gasteiger partial charge in [-0.2, -0.15) is 0 Å². The van der Waals surface area contributed by atoms with Crippen LogP contribution in [0.2, 0.25) is 0 Å². The van der Waals surface area contributed by atoms with Crippen LogP contribution in [0.25, 0.3) is 0 Å². The van der Waals surface area contributed by atoms with Gasteiger partial charge < -0.3 is 5.32 Å². The van der Waals surface area contributed by atoms with Crippen molar-refractivity contribution < 1.29 is 4.39 Å². The minimum absolute atomic E-state index is 0.154. The molecule has 0 unspecified atom stereocenters. The van der Waals surface area contributed by atoms with Crippen molar-refractivity contribution in [1.29, 1.82) is 0 Å². The average molecular weight is 287 g/mol. The van der Waals surface area contributed by atoms with Gasteiger partial charge in [0.05, 0.1) is 11.4 Å². The van der Waals surface area contributed by atoms with E-state index in [1.807, 2.05) is 37.4 Å². The third kappa shape index (κ3) is 4.92. The molecule has 0 spiro atoms. The Morgan fingerprint density at radius 2 is 1.81 bits per heavy atom. The summed E-state index contributed by atoms with van der Waals surface area (Å²) in [6, 6.07) is 12.9. The molecule has 1 aromatic carbocycles. The molecule has 21 heavy (non-hydrogen) atoms. The van der Waals surface area contributed by atoms with Gasteiger partial charge in [0.25, 0.3) is 0 Å². The van der Waals surface area contributed by atoms with E-state index in [9.17, 15) is 4.39 Å². The minimum Gasteiger partial charge on any atom is -0.311 e. The number of hydrogen-bond acceptors (Lipinski definition) is 3. The maximum Gasteiger partial charge on any atom is 0.127 e. The monoisotopic (exact) mass is 287 g/mol. The smallest absolute Gasteiger partial charge is 0.127 e. The van der Waals surface area contributed by atoms with Gasteiger partial charge in [0, 0.05) is 25.2 Å². The largest absolute Gasteiger partial charge is 0.311 e. The summed E-state index contributed by atoms with van der Waals surface area (Å²) in [6.45, 7) is 5.06. The molecule has 0 radical (unpaired) electrons. The molecule has 0 bridgehead atoms. The van der Waals surface area contributed by atoms with Gasteiger partial charge in [-0.05, 0) is 31.8 Å². The molecule has 1 N–H and O–H groups in total. The fourth-order valence-corrected chi connectivity index (χ4v) is 2.22. The highest BCUT2D eigenvalue weighted by molar-refractivity contribution is 5.17. The number of hydrogen-bond donors (Lipinski definition) is 1. The van der Waals surface area contributed by atoms with Crippen LogP contribution in [0, 0.1) is 5.82 Å². The van der Waals surface area contributed by atoms with Gasteiger partial charge in [0.15, 0.2) is 0 Å². The van der Waals surface area contributed by atoms with Gasteiger partial charge in [-0.3, -0.25) is 9.88 Å². The summed E-state index contributed by atoms with van der Waals surface area (Å²) in [5.41, 5.74) is 2.75. The fraction of sp³-hybridized carbons (Fsp3) is 0.353. The summed E-state index contributed by atoms with van der Waals surface area (Å²) in [6.07, 6.45) is 0. The molecule has 112 valence electrons. The van der Waals surface area contributed by atoms with E-state index < -0.39 is 0 Å². The Hall–Kier alpha value is -1.78. The molecular formula is C17H22FN3. The van der Waals surface area contributed by atoms with Crippen molar-refractivity contribution in [3.05, 3.63) is 65.2 Å². The Kier molecular flexibility index (Phi) is 5.84. The van der Waals surface area contributed by atoms with Gasteiger partial charge in [0.2, 0.25) is 0 Å². The quantitative estimate of drug-likeness (QED) is 0.848. The predicted octanol–water partition coefficient (Wildman–Crippen LogP) is 2.96. The van der Waals surface area contributed by atoms with Crippen LogP contribution in [0.4, 0.5) is 4.39 Å². The first-order valence-corrected chi connectivity index (χ1v) is 7.26. The van der Waals surface area contributed by atoms with E-state index in [-0.39, 0.29) is 5.82 Å². The predicted molar refractivity (Wildman–Crippen MR) is 83.2 cm³/mol. The molecule has 0 saturated heterocycles. The molecule has 3 nitrogen and oxygen atoms in total. The zero-order valence-electron chi connectivity index (χ0n) is 12.6. The zero-order valence-corrected chi connectivity index (χ0v) is 12.6. The lowest BCUT2D eigenvalue weighted by Gasteiger charge is -2.17. The van der Waals surface area contributed by atoms with Crippen LogP contribution in [0.1, 0.15) is 23.9 Å². The molecule has 2 rings (SSSR count). The second-order valence-corrected chi connectivity index (χ2v) is 5.16. The number of benzene rings is 1. The lowest BCUT2D eigenvalue weighted by atomic mass is 10.2. The number of pyridine rings is 1. The Balaban J connectivity index is 1.96. The van der Waals surface area contributed by atoms with Crippen LogP contribution in [-0.4, -0.2) is 23.5 Å². The highest BCUT2D eigenvalue weighted by Crippen LogP contribution is 2.11. The van der Waals surface area contributed by atoms with Gasteiger partial charge in [-0.25, -0.2) is 4.39 Å². The highest BCUT2D eigenvalue weighted by Gasteiger charge is 2.07. The number of halogens is 1. The van der Waals surface area contributed by atoms with E-state index in [1.54, 1.807) is 6.07 Å². The van der Waals surface area contributed by atoms with E-state index in [4.69, 9.17) is 0 Å². The van der Waals surface area contributed by atoms with E-state index in [2.05, 4.69) is 22.1 Å². The molecule has 1 heterocycles. The Morgan fingerprint density at radius 3 is 2.57 bits per heavy atom. The minimum atomic E-state index is -0.154. The molecule has 0 atom stereocenters. The van der Waals surface area contributed by atoms with E-state index in [1.165, 1.54) is 6.07 Å². The third-order valence-corrected chi connectivity index (χ3v) is 3.25. The highest BCUT2D eigenvalue weighted by atomic mass is 19.1. The van der Waals surface area contributed by atoms with Crippen molar-refractivity contribution in [2.45, 2.75) is 26.6 Å². The van der Waals surface area contributed by atoms with Crippen LogP contribution >= 0.6 is 0 Å². The SMILES string of the molecule is CCNCc1cccc(CN(C)Cc2ccccc2F)n1. The fourth-order valence-electron chi connectivity index (χ4n) is 2.22. The van der Waals surface area contributed by atoms with E-state index in [0.717, 1.165) is 24.5 Å². The first kappa shape index (κ1) is 15.6. The molecule has 0 saturated carbocycles. The molecule has 0 aliphatic carbocycles. The molecule has 2 aromatic rings. The summed E-state index contributed by atoms with van der Waals surface area (Å²) < 4.78 is 13.6. The van der Waals surface area contributed by atoms with Gasteiger partial charge in [0.1, 0.15) is 5.82 Å². The lowest BCUT2D eigenvalue weighted by molar-refractivity contribution is 0.309. The first-order valence-electron chi connectivity index (χ1n) is 7.26. The molecule has 1 aromatic heterocycles. The van der Waals surface area contributed by atoms with Crippen LogP contribution < -0.4 is 5.32 Å². The van der Waals surface area contributed by atoms with Crippen molar-refractivity contribution in [3.8, 4) is 0 Å². The van der Waals surface area contributed by atoms with E-state index >= 15 is 0 Å². The second-order valence-electron chi connectivity index (χ2n) is 5.16. The van der Waals surface area contributed by atoms with Crippen molar-refractivity contribution in [2.75, 3.05) is 13.6 Å². The maximum absolute atomic E-state index is 13.6. The van der Waals surface area contributed by atoms with Crippen LogP contribution in [0.15, 0.2) is 42.5 Å². The van der Waals surface area contributed by atoms with E-state index in [0.29, 0.717) is 18.7 Å². The third-order valence-electron chi connectivity index (χ3n) is 3.25. The molecular weight excluding hydrogens is 265 g/mol. The first-order chi connectivity index (χ1) is 10.2. The number of nitrogens with zero attached hydrogens (tertiary/aromatic N) is 2. The molecule has 0 amide bonds. The molecule has 0 aliphatic heterocycles. The van der Waals surface area contributed by atoms with Crippen LogP contribution in [0.5, 0.6) is 0 Å². The Bertz CT molecular complexity index is 571. The summed E-state index contributed by atoms with van der Waals surface area (Å²) in [5.74, 6) is -0.154. The maximum atomic E-state index is 13.6. The Labute approximate surface area is 125 Å². The number of nitrogens with one attached hydrogen (secondary N) is 1. The van der Waals surface area contributed by atoms with Crippen molar-refractivity contribution in [1.82, 2.24) is 15.2 Å². The molecule has 4 heteroatoms. The summed E-state index contributed by atoms with van der Waals surface area (Å²) >= 11 is 0. The number of rotatable bonds is 7.